The number of carbonyl (C=O) groups is 2. The highest BCUT2D eigenvalue weighted by Crippen LogP contribution is 2.33. The minimum atomic E-state index is -3.57. The number of hydrogen-bond acceptors (Lipinski definition) is 7. The first-order chi connectivity index (χ1) is 14.6. The first-order valence-electron chi connectivity index (χ1n) is 9.45. The number of sulfonamides is 1. The van der Waals surface area contributed by atoms with E-state index in [4.69, 9.17) is 14.2 Å². The third-order valence-corrected chi connectivity index (χ3v) is 6.63. The average molecular weight is 448 g/mol. The predicted octanol–water partition coefficient (Wildman–Crippen LogP) is 1.59. The van der Waals surface area contributed by atoms with E-state index in [1.54, 1.807) is 31.2 Å². The van der Waals surface area contributed by atoms with E-state index >= 15 is 0 Å². The van der Waals surface area contributed by atoms with Crippen molar-refractivity contribution >= 4 is 27.6 Å². The molecule has 1 atom stereocenters. The lowest BCUT2D eigenvalue weighted by Crippen LogP contribution is -2.48. The molecule has 2 aromatic carbocycles. The maximum absolute atomic E-state index is 12.9. The Bertz CT molecular complexity index is 1100. The van der Waals surface area contributed by atoms with Gasteiger partial charge in [0.25, 0.3) is 5.91 Å². The number of methoxy groups -OCH3 is 1. The van der Waals surface area contributed by atoms with Crippen molar-refractivity contribution in [3.63, 3.8) is 0 Å². The number of carbonyl (C=O) groups excluding carboxylic acids is 2. The van der Waals surface area contributed by atoms with Gasteiger partial charge in [0.2, 0.25) is 16.1 Å². The summed E-state index contributed by atoms with van der Waals surface area (Å²) in [6.07, 6.45) is -0.943. The zero-order chi connectivity index (χ0) is 22.8. The van der Waals surface area contributed by atoms with Gasteiger partial charge in [-0.05, 0) is 42.8 Å². The summed E-state index contributed by atoms with van der Waals surface area (Å²) in [6, 6.07) is 11.3. The van der Waals surface area contributed by atoms with E-state index in [-0.39, 0.29) is 24.0 Å². The van der Waals surface area contributed by atoms with Crippen LogP contribution in [0.5, 0.6) is 11.5 Å². The Labute approximate surface area is 181 Å². The third-order valence-electron chi connectivity index (χ3n) is 4.81. The summed E-state index contributed by atoms with van der Waals surface area (Å²) in [5, 5.41) is 0. The van der Waals surface area contributed by atoms with Crippen LogP contribution in [0.2, 0.25) is 0 Å². The van der Waals surface area contributed by atoms with Gasteiger partial charge in [0, 0.05) is 14.1 Å². The fourth-order valence-corrected chi connectivity index (χ4v) is 4.08. The summed E-state index contributed by atoms with van der Waals surface area (Å²) in [5.74, 6) is -0.181. The number of nitrogens with zero attached hydrogens (tertiary/aromatic N) is 2. The summed E-state index contributed by atoms with van der Waals surface area (Å²) >= 11 is 0. The van der Waals surface area contributed by atoms with Crippen LogP contribution in [-0.4, -0.2) is 65.1 Å². The number of hydrogen-bond donors (Lipinski definition) is 0. The van der Waals surface area contributed by atoms with Crippen LogP contribution in [0, 0.1) is 6.92 Å². The number of fused-ring (bicyclic) bond motifs is 1. The van der Waals surface area contributed by atoms with Crippen molar-refractivity contribution in [1.82, 2.24) is 4.31 Å². The van der Waals surface area contributed by atoms with E-state index in [9.17, 15) is 18.0 Å². The van der Waals surface area contributed by atoms with Crippen LogP contribution in [0.15, 0.2) is 47.4 Å². The third kappa shape index (κ3) is 4.64. The summed E-state index contributed by atoms with van der Waals surface area (Å²) in [4.78, 5) is 26.4. The normalized spacial score (nSPS) is 15.8. The number of anilines is 1. The van der Waals surface area contributed by atoms with Crippen LogP contribution in [0.3, 0.4) is 0 Å². The standard InChI is InChI=1S/C21H24N2O7S/c1-14-11-15(31(26,27)22(2)3)9-10-17(14)29-13-20(24)23-12-19(21(25)28-4)30-18-8-6-5-7-16(18)23/h5-11,19H,12-13H2,1-4H3. The first-order valence-corrected chi connectivity index (χ1v) is 10.9. The minimum Gasteiger partial charge on any atom is -0.483 e. The maximum Gasteiger partial charge on any atom is 0.348 e. The van der Waals surface area contributed by atoms with Gasteiger partial charge >= 0.3 is 5.97 Å². The SMILES string of the molecule is COC(=O)C1CN(C(=O)COc2ccc(S(=O)(=O)N(C)C)cc2C)c2ccccc2O1. The van der Waals surface area contributed by atoms with E-state index in [2.05, 4.69) is 0 Å². The first kappa shape index (κ1) is 22.6. The summed E-state index contributed by atoms with van der Waals surface area (Å²) in [7, 11) is 0.592. The Morgan fingerprint density at radius 3 is 2.55 bits per heavy atom. The molecule has 0 bridgehead atoms. The lowest BCUT2D eigenvalue weighted by molar-refractivity contribution is -0.148. The Morgan fingerprint density at radius 1 is 1.19 bits per heavy atom. The molecular weight excluding hydrogens is 424 g/mol. The fraction of sp³-hybridized carbons (Fsp3) is 0.333. The van der Waals surface area contributed by atoms with Crippen molar-refractivity contribution in [2.24, 2.45) is 0 Å². The highest BCUT2D eigenvalue weighted by Gasteiger charge is 2.34. The summed E-state index contributed by atoms with van der Waals surface area (Å²) in [6.45, 7) is 1.39. The van der Waals surface area contributed by atoms with Crippen LogP contribution in [-0.2, 0) is 24.3 Å². The van der Waals surface area contributed by atoms with Gasteiger partial charge in [0.1, 0.15) is 11.5 Å². The van der Waals surface area contributed by atoms with Gasteiger partial charge in [-0.1, -0.05) is 12.1 Å². The molecule has 1 aliphatic heterocycles. The summed E-state index contributed by atoms with van der Waals surface area (Å²) in [5.41, 5.74) is 1.10. The lowest BCUT2D eigenvalue weighted by atomic mass is 10.2. The number of esters is 1. The molecule has 0 aliphatic carbocycles. The van der Waals surface area contributed by atoms with Gasteiger partial charge in [0.05, 0.1) is 24.2 Å². The zero-order valence-corrected chi connectivity index (χ0v) is 18.5. The molecule has 1 amide bonds. The number of para-hydroxylation sites is 2. The Morgan fingerprint density at radius 2 is 1.90 bits per heavy atom. The van der Waals surface area contributed by atoms with Crippen molar-refractivity contribution in [3.8, 4) is 11.5 Å². The quantitative estimate of drug-likeness (QED) is 0.619. The molecule has 0 N–H and O–H groups in total. The van der Waals surface area contributed by atoms with Crippen molar-refractivity contribution in [2.45, 2.75) is 17.9 Å². The predicted molar refractivity (Wildman–Crippen MR) is 113 cm³/mol. The fourth-order valence-electron chi connectivity index (χ4n) is 3.10. The molecule has 1 heterocycles. The van der Waals surface area contributed by atoms with Crippen LogP contribution in [0.25, 0.3) is 0 Å². The molecule has 2 aromatic rings. The highest BCUT2D eigenvalue weighted by atomic mass is 32.2. The second-order valence-electron chi connectivity index (χ2n) is 7.11. The number of rotatable bonds is 6. The monoisotopic (exact) mass is 448 g/mol. The Balaban J connectivity index is 1.77. The van der Waals surface area contributed by atoms with E-state index in [0.29, 0.717) is 22.7 Å². The van der Waals surface area contributed by atoms with Gasteiger partial charge in [-0.25, -0.2) is 17.5 Å². The smallest absolute Gasteiger partial charge is 0.348 e. The molecule has 0 saturated carbocycles. The Kier molecular flexibility index (Phi) is 6.51. The van der Waals surface area contributed by atoms with Gasteiger partial charge < -0.3 is 19.1 Å². The Hall–Kier alpha value is -3.11. The van der Waals surface area contributed by atoms with Crippen molar-refractivity contribution in [3.05, 3.63) is 48.0 Å². The van der Waals surface area contributed by atoms with E-state index in [1.165, 1.54) is 44.3 Å². The van der Waals surface area contributed by atoms with Gasteiger partial charge in [-0.3, -0.25) is 4.79 Å². The average Bonchev–Trinajstić information content (AvgIpc) is 2.76. The van der Waals surface area contributed by atoms with Crippen LogP contribution >= 0.6 is 0 Å². The lowest BCUT2D eigenvalue weighted by Gasteiger charge is -2.33. The molecule has 0 fully saturated rings. The number of ether oxygens (including phenoxy) is 3. The number of aryl methyl sites for hydroxylation is 1. The van der Waals surface area contributed by atoms with Crippen molar-refractivity contribution < 1.29 is 32.2 Å². The molecule has 31 heavy (non-hydrogen) atoms. The number of amides is 1. The topological polar surface area (TPSA) is 102 Å². The number of benzene rings is 2. The molecular formula is C21H24N2O7S. The molecule has 3 rings (SSSR count). The van der Waals surface area contributed by atoms with E-state index in [0.717, 1.165) is 4.31 Å². The highest BCUT2D eigenvalue weighted by molar-refractivity contribution is 7.89. The largest absolute Gasteiger partial charge is 0.483 e. The van der Waals surface area contributed by atoms with Crippen LogP contribution in [0.4, 0.5) is 5.69 Å². The molecule has 9 nitrogen and oxygen atoms in total. The molecule has 0 saturated heterocycles. The minimum absolute atomic E-state index is 0.00905. The van der Waals surface area contributed by atoms with E-state index < -0.39 is 22.1 Å². The van der Waals surface area contributed by atoms with Gasteiger partial charge in [-0.15, -0.1) is 0 Å². The van der Waals surface area contributed by atoms with Gasteiger partial charge in [0.15, 0.2) is 6.61 Å². The summed E-state index contributed by atoms with van der Waals surface area (Å²) < 4.78 is 41.7. The van der Waals surface area contributed by atoms with Crippen molar-refractivity contribution in [2.75, 3.05) is 39.3 Å². The van der Waals surface area contributed by atoms with Crippen LogP contribution in [0.1, 0.15) is 5.56 Å². The van der Waals surface area contributed by atoms with Crippen LogP contribution < -0.4 is 14.4 Å². The molecule has 1 aliphatic rings. The van der Waals surface area contributed by atoms with Crippen molar-refractivity contribution in [1.29, 1.82) is 0 Å². The zero-order valence-electron chi connectivity index (χ0n) is 17.7. The molecule has 0 spiro atoms. The molecule has 0 radical (unpaired) electrons. The second kappa shape index (κ2) is 8.94. The molecule has 1 unspecified atom stereocenters. The van der Waals surface area contributed by atoms with E-state index in [1.807, 2.05) is 0 Å². The van der Waals surface area contributed by atoms with Gasteiger partial charge in [-0.2, -0.15) is 0 Å². The second-order valence-corrected chi connectivity index (χ2v) is 9.26. The maximum atomic E-state index is 12.9. The molecule has 10 heteroatoms. The molecule has 0 aromatic heterocycles. The molecule has 166 valence electrons.